The van der Waals surface area contributed by atoms with Gasteiger partial charge in [-0.1, -0.05) is 19.9 Å². The molecule has 1 aromatic carbocycles. The largest absolute Gasteiger partial charge is 0.493 e. The predicted molar refractivity (Wildman–Crippen MR) is 84.0 cm³/mol. The molecule has 0 aromatic heterocycles. The lowest BCUT2D eigenvalue weighted by atomic mass is 10.1. The smallest absolute Gasteiger partial charge is 0.161 e. The van der Waals surface area contributed by atoms with Crippen molar-refractivity contribution >= 4 is 12.4 Å². The Kier molecular flexibility index (Phi) is 10.3. The number of methoxy groups -OCH3 is 1. The number of aliphatic hydroxyl groups excluding tert-OH is 1. The van der Waals surface area contributed by atoms with Gasteiger partial charge in [0.15, 0.2) is 11.5 Å². The Hall–Kier alpha value is -0.970. The van der Waals surface area contributed by atoms with Gasteiger partial charge in [-0.25, -0.2) is 0 Å². The van der Waals surface area contributed by atoms with Crippen molar-refractivity contribution < 1.29 is 14.6 Å². The first kappa shape index (κ1) is 19.0. The lowest BCUT2D eigenvalue weighted by Gasteiger charge is -2.15. The molecule has 0 aliphatic carbocycles. The minimum Gasteiger partial charge on any atom is -0.493 e. The summed E-state index contributed by atoms with van der Waals surface area (Å²) in [7, 11) is 1.65. The van der Waals surface area contributed by atoms with Crippen LogP contribution in [0.3, 0.4) is 0 Å². The second-order valence-corrected chi connectivity index (χ2v) is 4.50. The van der Waals surface area contributed by atoms with Crippen LogP contribution < -0.4 is 14.8 Å². The van der Waals surface area contributed by atoms with Gasteiger partial charge in [-0.05, 0) is 30.5 Å². The van der Waals surface area contributed by atoms with Gasteiger partial charge >= 0.3 is 0 Å². The van der Waals surface area contributed by atoms with Crippen LogP contribution in [0.15, 0.2) is 18.2 Å². The van der Waals surface area contributed by atoms with E-state index in [1.165, 1.54) is 0 Å². The van der Waals surface area contributed by atoms with E-state index >= 15 is 0 Å². The van der Waals surface area contributed by atoms with Crippen molar-refractivity contribution in [1.82, 2.24) is 5.32 Å². The van der Waals surface area contributed by atoms with E-state index in [4.69, 9.17) is 14.6 Å². The summed E-state index contributed by atoms with van der Waals surface area (Å²) in [5.74, 6) is 1.53. The topological polar surface area (TPSA) is 50.7 Å². The summed E-state index contributed by atoms with van der Waals surface area (Å²) in [5.41, 5.74) is 1.12. The van der Waals surface area contributed by atoms with Crippen LogP contribution in [0.25, 0.3) is 0 Å². The number of hydrogen-bond acceptors (Lipinski definition) is 4. The Bertz CT molecular complexity index is 370. The molecule has 1 atom stereocenters. The molecule has 1 rings (SSSR count). The van der Waals surface area contributed by atoms with Crippen LogP contribution >= 0.6 is 12.4 Å². The number of halogens is 1. The van der Waals surface area contributed by atoms with Crippen LogP contribution in [-0.4, -0.2) is 31.5 Å². The van der Waals surface area contributed by atoms with Crippen LogP contribution in [0.1, 0.15) is 32.3 Å². The fraction of sp³-hybridized carbons (Fsp3) is 0.600. The van der Waals surface area contributed by atoms with E-state index in [0.717, 1.165) is 29.9 Å². The van der Waals surface area contributed by atoms with Crippen molar-refractivity contribution in [2.75, 3.05) is 20.3 Å². The normalized spacial score (nSPS) is 11.6. The molecule has 0 saturated carbocycles. The molecule has 0 aliphatic heterocycles. The van der Waals surface area contributed by atoms with E-state index in [0.29, 0.717) is 13.2 Å². The first-order valence-electron chi connectivity index (χ1n) is 6.89. The summed E-state index contributed by atoms with van der Waals surface area (Å²) in [5, 5.41) is 12.4. The van der Waals surface area contributed by atoms with Crippen molar-refractivity contribution in [1.29, 1.82) is 0 Å². The fourth-order valence-corrected chi connectivity index (χ4v) is 1.75. The zero-order valence-electron chi connectivity index (χ0n) is 12.5. The molecule has 116 valence electrons. The quantitative estimate of drug-likeness (QED) is 0.736. The molecule has 0 spiro atoms. The Balaban J connectivity index is 0.00000361. The van der Waals surface area contributed by atoms with Gasteiger partial charge in [0.05, 0.1) is 20.3 Å². The van der Waals surface area contributed by atoms with Crippen LogP contribution in [0.2, 0.25) is 0 Å². The van der Waals surface area contributed by atoms with E-state index in [1.807, 2.05) is 18.2 Å². The van der Waals surface area contributed by atoms with E-state index in [9.17, 15) is 0 Å². The molecule has 0 saturated heterocycles. The van der Waals surface area contributed by atoms with Gasteiger partial charge in [-0.3, -0.25) is 0 Å². The molecule has 4 nitrogen and oxygen atoms in total. The molecular formula is C15H26ClNO3. The van der Waals surface area contributed by atoms with E-state index in [1.54, 1.807) is 7.11 Å². The summed E-state index contributed by atoms with van der Waals surface area (Å²) in [6.45, 7) is 5.69. The van der Waals surface area contributed by atoms with Crippen molar-refractivity contribution in [3.8, 4) is 11.5 Å². The van der Waals surface area contributed by atoms with Crippen molar-refractivity contribution in [2.45, 2.75) is 39.3 Å². The van der Waals surface area contributed by atoms with Crippen molar-refractivity contribution in [3.05, 3.63) is 23.8 Å². The maximum atomic E-state index is 9.14. The highest BCUT2D eigenvalue weighted by Crippen LogP contribution is 2.28. The standard InChI is InChI=1S/C15H25NO3.ClH/c1-4-8-19-14-7-6-12(9-15(14)18-3)10-16-13(5-2)11-17;/h6-7,9,13,16-17H,4-5,8,10-11H2,1-3H3;1H. The molecule has 2 N–H and O–H groups in total. The summed E-state index contributed by atoms with van der Waals surface area (Å²) < 4.78 is 11.0. The number of nitrogens with one attached hydrogen (secondary N) is 1. The van der Waals surface area contributed by atoms with E-state index in [-0.39, 0.29) is 25.1 Å². The molecule has 20 heavy (non-hydrogen) atoms. The Morgan fingerprint density at radius 3 is 2.55 bits per heavy atom. The maximum Gasteiger partial charge on any atom is 0.161 e. The average molecular weight is 304 g/mol. The average Bonchev–Trinajstić information content (AvgIpc) is 2.46. The van der Waals surface area contributed by atoms with Crippen LogP contribution in [0, 0.1) is 0 Å². The van der Waals surface area contributed by atoms with Crippen LogP contribution in [0.4, 0.5) is 0 Å². The minimum atomic E-state index is 0. The first-order chi connectivity index (χ1) is 9.24. The molecule has 0 heterocycles. The molecule has 0 bridgehead atoms. The molecule has 0 aliphatic rings. The Morgan fingerprint density at radius 2 is 2.00 bits per heavy atom. The number of ether oxygens (including phenoxy) is 2. The lowest BCUT2D eigenvalue weighted by Crippen LogP contribution is -2.31. The van der Waals surface area contributed by atoms with Gasteiger partial charge in [-0.2, -0.15) is 0 Å². The predicted octanol–water partition coefficient (Wildman–Crippen LogP) is 2.77. The lowest BCUT2D eigenvalue weighted by molar-refractivity contribution is 0.238. The van der Waals surface area contributed by atoms with Gasteiger partial charge in [0.25, 0.3) is 0 Å². The Morgan fingerprint density at radius 1 is 1.25 bits per heavy atom. The summed E-state index contributed by atoms with van der Waals surface area (Å²) in [4.78, 5) is 0. The fourth-order valence-electron chi connectivity index (χ4n) is 1.75. The second-order valence-electron chi connectivity index (χ2n) is 4.50. The van der Waals surface area contributed by atoms with E-state index < -0.39 is 0 Å². The number of benzene rings is 1. The first-order valence-corrected chi connectivity index (χ1v) is 6.89. The molecule has 0 radical (unpaired) electrons. The van der Waals surface area contributed by atoms with Gasteiger partial charge in [-0.15, -0.1) is 12.4 Å². The van der Waals surface area contributed by atoms with Crippen molar-refractivity contribution in [3.63, 3.8) is 0 Å². The van der Waals surface area contributed by atoms with Crippen LogP contribution in [-0.2, 0) is 6.54 Å². The minimum absolute atomic E-state index is 0. The van der Waals surface area contributed by atoms with Gasteiger partial charge < -0.3 is 19.9 Å². The second kappa shape index (κ2) is 10.8. The summed E-state index contributed by atoms with van der Waals surface area (Å²) in [6, 6.07) is 6.07. The number of aliphatic hydroxyl groups is 1. The highest BCUT2D eigenvalue weighted by molar-refractivity contribution is 5.85. The van der Waals surface area contributed by atoms with Gasteiger partial charge in [0.1, 0.15) is 0 Å². The summed E-state index contributed by atoms with van der Waals surface area (Å²) >= 11 is 0. The summed E-state index contributed by atoms with van der Waals surface area (Å²) in [6.07, 6.45) is 1.88. The molecule has 0 amide bonds. The highest BCUT2D eigenvalue weighted by Gasteiger charge is 2.07. The number of hydrogen-bond donors (Lipinski definition) is 2. The van der Waals surface area contributed by atoms with Gasteiger partial charge in [0.2, 0.25) is 0 Å². The SMILES string of the molecule is CCCOc1ccc(CNC(CC)CO)cc1OC.Cl. The molecule has 1 unspecified atom stereocenters. The highest BCUT2D eigenvalue weighted by atomic mass is 35.5. The van der Waals surface area contributed by atoms with Gasteiger partial charge in [0, 0.05) is 12.6 Å². The number of rotatable bonds is 9. The van der Waals surface area contributed by atoms with E-state index in [2.05, 4.69) is 19.2 Å². The zero-order valence-corrected chi connectivity index (χ0v) is 13.3. The zero-order chi connectivity index (χ0) is 14.1. The van der Waals surface area contributed by atoms with Crippen molar-refractivity contribution in [2.24, 2.45) is 0 Å². The molecule has 0 fully saturated rings. The Labute approximate surface area is 127 Å². The third kappa shape index (κ3) is 5.99. The third-order valence-electron chi connectivity index (χ3n) is 3.00. The molecule has 1 aromatic rings. The van der Waals surface area contributed by atoms with Crippen LogP contribution in [0.5, 0.6) is 11.5 Å². The molecule has 5 heteroatoms. The third-order valence-corrected chi connectivity index (χ3v) is 3.00. The monoisotopic (exact) mass is 303 g/mol. The maximum absolute atomic E-state index is 9.14. The molecular weight excluding hydrogens is 278 g/mol.